The highest BCUT2D eigenvalue weighted by Gasteiger charge is 2.15. The SMILES string of the molecule is CCCCCCCC(=O)O[C@@H](CO)COC(=O)CCC/C=C\C/C=C\C/C=C\C/C=C\C=C\[C@@H](O)CC. The van der Waals surface area contributed by atoms with Gasteiger partial charge in [-0.05, 0) is 44.9 Å². The van der Waals surface area contributed by atoms with Gasteiger partial charge in [0.15, 0.2) is 6.10 Å². The van der Waals surface area contributed by atoms with E-state index in [1.807, 2.05) is 19.1 Å². The minimum atomic E-state index is -0.798. The van der Waals surface area contributed by atoms with Gasteiger partial charge < -0.3 is 19.7 Å². The molecule has 210 valence electrons. The van der Waals surface area contributed by atoms with Crippen LogP contribution in [0.3, 0.4) is 0 Å². The fourth-order valence-electron chi connectivity index (χ4n) is 3.18. The molecule has 0 aromatic rings. The van der Waals surface area contributed by atoms with E-state index < -0.39 is 6.10 Å². The Labute approximate surface area is 224 Å². The summed E-state index contributed by atoms with van der Waals surface area (Å²) in [6.07, 6.45) is 29.7. The van der Waals surface area contributed by atoms with Crippen molar-refractivity contribution in [1.29, 1.82) is 0 Å². The third-order valence-corrected chi connectivity index (χ3v) is 5.48. The predicted molar refractivity (Wildman–Crippen MR) is 151 cm³/mol. The molecule has 0 aromatic heterocycles. The molecule has 0 aliphatic rings. The number of unbranched alkanes of at least 4 members (excludes halogenated alkanes) is 5. The molecule has 6 nitrogen and oxygen atoms in total. The van der Waals surface area contributed by atoms with Crippen LogP contribution in [0.1, 0.15) is 97.3 Å². The zero-order chi connectivity index (χ0) is 27.4. The van der Waals surface area contributed by atoms with Crippen LogP contribution in [0.2, 0.25) is 0 Å². The predicted octanol–water partition coefficient (Wildman–Crippen LogP) is 6.69. The van der Waals surface area contributed by atoms with E-state index in [2.05, 4.69) is 49.5 Å². The number of hydrogen-bond donors (Lipinski definition) is 2. The number of aliphatic hydroxyl groups is 2. The van der Waals surface area contributed by atoms with E-state index in [-0.39, 0.29) is 37.7 Å². The summed E-state index contributed by atoms with van der Waals surface area (Å²) in [6.45, 7) is 3.62. The molecule has 2 atom stereocenters. The lowest BCUT2D eigenvalue weighted by atomic mass is 10.1. The molecule has 0 unspecified atom stereocenters. The lowest BCUT2D eigenvalue weighted by molar-refractivity contribution is -0.161. The summed E-state index contributed by atoms with van der Waals surface area (Å²) in [5.74, 6) is -0.703. The largest absolute Gasteiger partial charge is 0.462 e. The molecular formula is C31H50O6. The number of esters is 2. The van der Waals surface area contributed by atoms with E-state index in [4.69, 9.17) is 9.47 Å². The van der Waals surface area contributed by atoms with E-state index in [0.29, 0.717) is 12.8 Å². The van der Waals surface area contributed by atoms with Crippen molar-refractivity contribution in [3.63, 3.8) is 0 Å². The Morgan fingerprint density at radius 2 is 1.38 bits per heavy atom. The normalized spacial score (nSPS) is 13.9. The van der Waals surface area contributed by atoms with Crippen LogP contribution in [-0.2, 0) is 19.1 Å². The molecule has 2 N–H and O–H groups in total. The Kier molecular flexibility index (Phi) is 24.9. The lowest BCUT2D eigenvalue weighted by Gasteiger charge is -2.15. The fraction of sp³-hybridized carbons (Fsp3) is 0.613. The van der Waals surface area contributed by atoms with Crippen LogP contribution in [0.15, 0.2) is 60.8 Å². The van der Waals surface area contributed by atoms with Crippen LogP contribution in [0.25, 0.3) is 0 Å². The molecule has 0 aromatic carbocycles. The molecule has 0 bridgehead atoms. The molecular weight excluding hydrogens is 468 g/mol. The maximum atomic E-state index is 11.9. The summed E-state index contributed by atoms with van der Waals surface area (Å²) < 4.78 is 10.3. The van der Waals surface area contributed by atoms with Crippen LogP contribution in [-0.4, -0.2) is 47.6 Å². The first-order valence-electron chi connectivity index (χ1n) is 14.0. The third kappa shape index (κ3) is 25.0. The molecule has 0 amide bonds. The Bertz CT molecular complexity index is 704. The molecule has 37 heavy (non-hydrogen) atoms. The molecule has 0 rings (SSSR count). The summed E-state index contributed by atoms with van der Waals surface area (Å²) >= 11 is 0. The van der Waals surface area contributed by atoms with Gasteiger partial charge in [-0.25, -0.2) is 0 Å². The Balaban J connectivity index is 3.79. The van der Waals surface area contributed by atoms with Gasteiger partial charge >= 0.3 is 11.9 Å². The van der Waals surface area contributed by atoms with E-state index in [9.17, 15) is 19.8 Å². The van der Waals surface area contributed by atoms with Gasteiger partial charge in [0.05, 0.1) is 12.7 Å². The van der Waals surface area contributed by atoms with Crippen molar-refractivity contribution in [2.45, 2.75) is 110 Å². The second-order valence-electron chi connectivity index (χ2n) is 8.94. The van der Waals surface area contributed by atoms with Gasteiger partial charge in [-0.15, -0.1) is 0 Å². The summed E-state index contributed by atoms with van der Waals surface area (Å²) in [7, 11) is 0. The van der Waals surface area contributed by atoms with Crippen molar-refractivity contribution >= 4 is 11.9 Å². The van der Waals surface area contributed by atoms with Crippen molar-refractivity contribution in [2.75, 3.05) is 13.2 Å². The van der Waals surface area contributed by atoms with Crippen LogP contribution < -0.4 is 0 Å². The van der Waals surface area contributed by atoms with Crippen LogP contribution in [0, 0.1) is 0 Å². The van der Waals surface area contributed by atoms with Gasteiger partial charge in [0.2, 0.25) is 0 Å². The van der Waals surface area contributed by atoms with Crippen molar-refractivity contribution < 1.29 is 29.3 Å². The summed E-state index contributed by atoms with van der Waals surface area (Å²) in [5, 5.41) is 18.8. The number of hydrogen-bond acceptors (Lipinski definition) is 6. The van der Waals surface area contributed by atoms with E-state index in [1.165, 1.54) is 6.42 Å². The van der Waals surface area contributed by atoms with Crippen LogP contribution in [0.4, 0.5) is 0 Å². The minimum absolute atomic E-state index is 0.109. The lowest BCUT2D eigenvalue weighted by Crippen LogP contribution is -2.28. The molecule has 0 saturated heterocycles. The van der Waals surface area contributed by atoms with Gasteiger partial charge in [0, 0.05) is 12.8 Å². The zero-order valence-electron chi connectivity index (χ0n) is 23.1. The standard InChI is InChI=1S/C31H50O6/c1-3-5-6-17-22-25-31(35)37-29(26-32)27-36-30(34)24-21-19-16-14-12-10-8-7-9-11-13-15-18-20-23-28(33)4-2/h8-11,14-16,18,20,23,28-29,32-33H,3-7,12-13,17,19,21-22,24-27H2,1-2H3/b10-8-,11-9-,16-14-,18-15-,23-20+/t28-,29-/m0/s1. The maximum Gasteiger partial charge on any atom is 0.306 e. The smallest absolute Gasteiger partial charge is 0.306 e. The highest BCUT2D eigenvalue weighted by molar-refractivity contribution is 5.70. The highest BCUT2D eigenvalue weighted by atomic mass is 16.6. The molecule has 0 aliphatic carbocycles. The van der Waals surface area contributed by atoms with Gasteiger partial charge in [-0.2, -0.15) is 0 Å². The van der Waals surface area contributed by atoms with Crippen LogP contribution in [0.5, 0.6) is 0 Å². The van der Waals surface area contributed by atoms with Crippen molar-refractivity contribution in [2.24, 2.45) is 0 Å². The quantitative estimate of drug-likeness (QED) is 0.0678. The Morgan fingerprint density at radius 1 is 0.757 bits per heavy atom. The van der Waals surface area contributed by atoms with Crippen molar-refractivity contribution in [1.82, 2.24) is 0 Å². The minimum Gasteiger partial charge on any atom is -0.462 e. The first-order chi connectivity index (χ1) is 18.0. The zero-order valence-corrected chi connectivity index (χ0v) is 23.1. The van der Waals surface area contributed by atoms with Crippen molar-refractivity contribution in [3.8, 4) is 0 Å². The summed E-state index contributed by atoms with van der Waals surface area (Å²) in [5.41, 5.74) is 0. The van der Waals surface area contributed by atoms with Gasteiger partial charge in [-0.3, -0.25) is 9.59 Å². The number of rotatable bonds is 23. The Hall–Kier alpha value is -2.44. The van der Waals surface area contributed by atoms with E-state index in [0.717, 1.165) is 57.8 Å². The third-order valence-electron chi connectivity index (χ3n) is 5.48. The number of ether oxygens (including phenoxy) is 2. The molecule has 0 saturated carbocycles. The number of carbonyl (C=O) groups is 2. The van der Waals surface area contributed by atoms with E-state index >= 15 is 0 Å². The topological polar surface area (TPSA) is 93.1 Å². The van der Waals surface area contributed by atoms with Gasteiger partial charge in [0.1, 0.15) is 6.61 Å². The van der Waals surface area contributed by atoms with Gasteiger partial charge in [-0.1, -0.05) is 100 Å². The Morgan fingerprint density at radius 3 is 2.03 bits per heavy atom. The monoisotopic (exact) mass is 518 g/mol. The van der Waals surface area contributed by atoms with Crippen LogP contribution >= 0.6 is 0 Å². The highest BCUT2D eigenvalue weighted by Crippen LogP contribution is 2.08. The summed E-state index contributed by atoms with van der Waals surface area (Å²) in [6, 6.07) is 0. The second kappa shape index (κ2) is 26.6. The second-order valence-corrected chi connectivity index (χ2v) is 8.94. The van der Waals surface area contributed by atoms with Gasteiger partial charge in [0.25, 0.3) is 0 Å². The average Bonchev–Trinajstić information content (AvgIpc) is 2.90. The number of carbonyl (C=O) groups excluding carboxylic acids is 2. The molecule has 6 heteroatoms. The molecule has 0 heterocycles. The number of aliphatic hydroxyl groups excluding tert-OH is 2. The molecule has 0 aliphatic heterocycles. The maximum absolute atomic E-state index is 11.9. The molecule has 0 spiro atoms. The number of allylic oxidation sites excluding steroid dienone is 9. The fourth-order valence-corrected chi connectivity index (χ4v) is 3.18. The van der Waals surface area contributed by atoms with Crippen molar-refractivity contribution in [3.05, 3.63) is 60.8 Å². The first-order valence-corrected chi connectivity index (χ1v) is 14.0. The average molecular weight is 519 g/mol. The molecule has 0 fully saturated rings. The summed E-state index contributed by atoms with van der Waals surface area (Å²) in [4.78, 5) is 23.7. The molecule has 0 radical (unpaired) electrons. The first kappa shape index (κ1) is 34.6. The van der Waals surface area contributed by atoms with E-state index in [1.54, 1.807) is 6.08 Å².